The molecular weight excluding hydrogens is 341 g/mol. The molecule has 2 aromatic carbocycles. The Morgan fingerprint density at radius 2 is 1.73 bits per heavy atom. The summed E-state index contributed by atoms with van der Waals surface area (Å²) in [6, 6.07) is 16.0. The van der Waals surface area contributed by atoms with E-state index in [9.17, 15) is 0 Å². The molecule has 2 aromatic rings. The predicted octanol–water partition coefficient (Wildman–Crippen LogP) is 4.77. The summed E-state index contributed by atoms with van der Waals surface area (Å²) >= 11 is 12.0. The SMILES string of the molecule is CN1CC(OCc2ccc(Cl)c(Cl)c2)(c2ccccc2)C1.Cl. The second-order valence-corrected chi connectivity index (χ2v) is 6.38. The molecule has 1 heterocycles. The molecule has 1 fully saturated rings. The Balaban J connectivity index is 0.00000176. The quantitative estimate of drug-likeness (QED) is 0.780. The van der Waals surface area contributed by atoms with E-state index < -0.39 is 0 Å². The second kappa shape index (κ2) is 7.20. The van der Waals surface area contributed by atoms with Gasteiger partial charge < -0.3 is 4.74 Å². The minimum atomic E-state index is -0.220. The minimum Gasteiger partial charge on any atom is -0.363 e. The highest BCUT2D eigenvalue weighted by molar-refractivity contribution is 6.42. The largest absolute Gasteiger partial charge is 0.363 e. The first-order valence-electron chi connectivity index (χ1n) is 6.91. The third-order valence-electron chi connectivity index (χ3n) is 3.85. The van der Waals surface area contributed by atoms with Gasteiger partial charge in [0.05, 0.1) is 16.7 Å². The standard InChI is InChI=1S/C17H17Cl2NO.ClH/c1-20-11-17(12-20,14-5-3-2-4-6-14)21-10-13-7-8-15(18)16(19)9-13;/h2-9H,10-12H2,1H3;1H. The molecule has 1 aliphatic heterocycles. The van der Waals surface area contributed by atoms with E-state index in [4.69, 9.17) is 27.9 Å². The molecule has 0 radical (unpaired) electrons. The van der Waals surface area contributed by atoms with Crippen molar-refractivity contribution in [1.29, 1.82) is 0 Å². The van der Waals surface area contributed by atoms with Crippen LogP contribution in [0.5, 0.6) is 0 Å². The maximum atomic E-state index is 6.26. The monoisotopic (exact) mass is 357 g/mol. The Morgan fingerprint density at radius 3 is 2.32 bits per heavy atom. The molecule has 0 N–H and O–H groups in total. The highest BCUT2D eigenvalue weighted by atomic mass is 35.5. The van der Waals surface area contributed by atoms with Crippen molar-refractivity contribution in [2.45, 2.75) is 12.2 Å². The zero-order valence-corrected chi connectivity index (χ0v) is 14.6. The number of likely N-dealkylation sites (tertiary alicyclic amines) is 1. The Kier molecular flexibility index (Phi) is 5.76. The third-order valence-corrected chi connectivity index (χ3v) is 4.59. The molecule has 22 heavy (non-hydrogen) atoms. The van der Waals surface area contributed by atoms with Gasteiger partial charge in [0.1, 0.15) is 5.60 Å². The maximum absolute atomic E-state index is 6.26. The van der Waals surface area contributed by atoms with Crippen molar-refractivity contribution >= 4 is 35.6 Å². The number of hydrogen-bond acceptors (Lipinski definition) is 2. The molecule has 0 saturated carbocycles. The zero-order chi connectivity index (χ0) is 14.9. The molecule has 0 bridgehead atoms. The van der Waals surface area contributed by atoms with Crippen LogP contribution in [0.2, 0.25) is 10.0 Å². The smallest absolute Gasteiger partial charge is 0.119 e. The Bertz CT molecular complexity index is 627. The minimum absolute atomic E-state index is 0. The Morgan fingerprint density at radius 1 is 1.05 bits per heavy atom. The first-order valence-corrected chi connectivity index (χ1v) is 7.67. The van der Waals surface area contributed by atoms with Gasteiger partial charge in [0.2, 0.25) is 0 Å². The lowest BCUT2D eigenvalue weighted by Crippen LogP contribution is -2.58. The van der Waals surface area contributed by atoms with Crippen molar-refractivity contribution in [2.24, 2.45) is 0 Å². The van der Waals surface area contributed by atoms with Crippen LogP contribution in [0.1, 0.15) is 11.1 Å². The van der Waals surface area contributed by atoms with Crippen LogP contribution < -0.4 is 0 Å². The van der Waals surface area contributed by atoms with Gasteiger partial charge in [0, 0.05) is 13.1 Å². The number of halogens is 3. The maximum Gasteiger partial charge on any atom is 0.119 e. The molecule has 0 spiro atoms. The fourth-order valence-corrected chi connectivity index (χ4v) is 3.10. The first kappa shape index (κ1) is 17.6. The molecule has 0 unspecified atom stereocenters. The Labute approximate surface area is 147 Å². The lowest BCUT2D eigenvalue weighted by atomic mass is 9.86. The number of hydrogen-bond donors (Lipinski definition) is 0. The lowest BCUT2D eigenvalue weighted by molar-refractivity contribution is -0.151. The molecule has 2 nitrogen and oxygen atoms in total. The van der Waals surface area contributed by atoms with E-state index in [1.807, 2.05) is 24.3 Å². The zero-order valence-electron chi connectivity index (χ0n) is 12.3. The van der Waals surface area contributed by atoms with Crippen LogP contribution in [0.4, 0.5) is 0 Å². The lowest BCUT2D eigenvalue weighted by Gasteiger charge is -2.48. The number of benzene rings is 2. The molecule has 0 atom stereocenters. The highest BCUT2D eigenvalue weighted by Gasteiger charge is 2.43. The van der Waals surface area contributed by atoms with E-state index in [2.05, 4.69) is 36.2 Å². The van der Waals surface area contributed by atoms with E-state index >= 15 is 0 Å². The number of rotatable bonds is 4. The van der Waals surface area contributed by atoms with Crippen LogP contribution in [0.3, 0.4) is 0 Å². The van der Waals surface area contributed by atoms with E-state index in [1.54, 1.807) is 0 Å². The molecule has 0 aromatic heterocycles. The molecule has 0 aliphatic carbocycles. The van der Waals surface area contributed by atoms with Crippen LogP contribution in [0, 0.1) is 0 Å². The molecule has 0 amide bonds. The van der Waals surface area contributed by atoms with Crippen LogP contribution in [-0.4, -0.2) is 25.0 Å². The molecule has 3 rings (SSSR count). The van der Waals surface area contributed by atoms with Gasteiger partial charge in [-0.1, -0.05) is 59.6 Å². The predicted molar refractivity (Wildman–Crippen MR) is 94.1 cm³/mol. The van der Waals surface area contributed by atoms with Crippen LogP contribution in [0.15, 0.2) is 48.5 Å². The molecular formula is C17H18Cl3NO. The van der Waals surface area contributed by atoms with Gasteiger partial charge in [-0.25, -0.2) is 0 Å². The van der Waals surface area contributed by atoms with E-state index in [-0.39, 0.29) is 18.0 Å². The normalized spacial score (nSPS) is 16.7. The summed E-state index contributed by atoms with van der Waals surface area (Å²) in [5.41, 5.74) is 2.04. The summed E-state index contributed by atoms with van der Waals surface area (Å²) in [6.07, 6.45) is 0. The molecule has 118 valence electrons. The van der Waals surface area contributed by atoms with Gasteiger partial charge in [-0.15, -0.1) is 12.4 Å². The van der Waals surface area contributed by atoms with E-state index in [1.165, 1.54) is 5.56 Å². The summed E-state index contributed by atoms with van der Waals surface area (Å²) in [5, 5.41) is 1.14. The average molecular weight is 359 g/mol. The summed E-state index contributed by atoms with van der Waals surface area (Å²) in [7, 11) is 2.10. The summed E-state index contributed by atoms with van der Waals surface area (Å²) < 4.78 is 6.26. The first-order chi connectivity index (χ1) is 10.1. The van der Waals surface area contributed by atoms with Crippen molar-refractivity contribution in [1.82, 2.24) is 4.90 Å². The van der Waals surface area contributed by atoms with Gasteiger partial charge in [0.25, 0.3) is 0 Å². The van der Waals surface area contributed by atoms with Crippen molar-refractivity contribution in [3.8, 4) is 0 Å². The van der Waals surface area contributed by atoms with Gasteiger partial charge in [-0.05, 0) is 30.3 Å². The Hall–Kier alpha value is -0.770. The molecule has 1 aliphatic rings. The van der Waals surface area contributed by atoms with Crippen molar-refractivity contribution < 1.29 is 4.74 Å². The fraction of sp³-hybridized carbons (Fsp3) is 0.294. The van der Waals surface area contributed by atoms with Gasteiger partial charge in [-0.2, -0.15) is 0 Å². The van der Waals surface area contributed by atoms with Gasteiger partial charge in [0.15, 0.2) is 0 Å². The topological polar surface area (TPSA) is 12.5 Å². The van der Waals surface area contributed by atoms with E-state index in [0.29, 0.717) is 16.7 Å². The number of nitrogens with zero attached hydrogens (tertiary/aromatic N) is 1. The van der Waals surface area contributed by atoms with Crippen LogP contribution in [-0.2, 0) is 16.9 Å². The van der Waals surface area contributed by atoms with Crippen molar-refractivity contribution in [2.75, 3.05) is 20.1 Å². The van der Waals surface area contributed by atoms with Gasteiger partial charge in [-0.3, -0.25) is 4.90 Å². The average Bonchev–Trinajstić information content (AvgIpc) is 2.47. The van der Waals surface area contributed by atoms with E-state index in [0.717, 1.165) is 18.7 Å². The fourth-order valence-electron chi connectivity index (χ4n) is 2.78. The summed E-state index contributed by atoms with van der Waals surface area (Å²) in [6.45, 7) is 2.33. The van der Waals surface area contributed by atoms with Crippen LogP contribution in [0.25, 0.3) is 0 Å². The second-order valence-electron chi connectivity index (χ2n) is 5.57. The van der Waals surface area contributed by atoms with Crippen LogP contribution >= 0.6 is 35.6 Å². The highest BCUT2D eigenvalue weighted by Crippen LogP contribution is 2.36. The molecule has 5 heteroatoms. The summed E-state index contributed by atoms with van der Waals surface area (Å²) in [4.78, 5) is 2.25. The molecule has 1 saturated heterocycles. The van der Waals surface area contributed by atoms with Crippen molar-refractivity contribution in [3.05, 3.63) is 69.7 Å². The third kappa shape index (κ3) is 3.58. The number of likely N-dealkylation sites (N-methyl/N-ethyl adjacent to an activating group) is 1. The van der Waals surface area contributed by atoms with Crippen molar-refractivity contribution in [3.63, 3.8) is 0 Å². The number of ether oxygens (including phenoxy) is 1. The summed E-state index contributed by atoms with van der Waals surface area (Å²) in [5.74, 6) is 0. The van der Waals surface area contributed by atoms with Gasteiger partial charge >= 0.3 is 0 Å².